The molecule has 0 aromatic rings. The third-order valence-corrected chi connectivity index (χ3v) is 3.66. The van der Waals surface area contributed by atoms with E-state index in [9.17, 15) is 9.59 Å². The van der Waals surface area contributed by atoms with Crippen LogP contribution in [0.1, 0.15) is 39.0 Å². The van der Waals surface area contributed by atoms with Crippen LogP contribution in [0.15, 0.2) is 0 Å². The molecule has 0 radical (unpaired) electrons. The molecule has 20 heavy (non-hydrogen) atoms. The first kappa shape index (κ1) is 16.9. The normalized spacial score (nSPS) is 18.6. The number of amides is 2. The van der Waals surface area contributed by atoms with Crippen molar-refractivity contribution in [3.05, 3.63) is 0 Å². The molecule has 116 valence electrons. The second-order valence-corrected chi connectivity index (χ2v) is 5.66. The van der Waals surface area contributed by atoms with Gasteiger partial charge in [-0.25, -0.2) is 0 Å². The van der Waals surface area contributed by atoms with Crippen molar-refractivity contribution in [2.75, 3.05) is 26.7 Å². The highest BCUT2D eigenvalue weighted by molar-refractivity contribution is 5.77. The van der Waals surface area contributed by atoms with Gasteiger partial charge in [0.2, 0.25) is 11.8 Å². The molecule has 1 atom stereocenters. The summed E-state index contributed by atoms with van der Waals surface area (Å²) in [4.78, 5) is 25.2. The van der Waals surface area contributed by atoms with E-state index in [1.165, 1.54) is 0 Å². The topological polar surface area (TPSA) is 87.5 Å². The zero-order valence-electron chi connectivity index (χ0n) is 12.7. The summed E-state index contributed by atoms with van der Waals surface area (Å²) in [6, 6.07) is 0.412. The van der Waals surface area contributed by atoms with Crippen LogP contribution in [0.4, 0.5) is 0 Å². The van der Waals surface area contributed by atoms with E-state index in [-0.39, 0.29) is 23.9 Å². The Morgan fingerprint density at radius 1 is 1.30 bits per heavy atom. The standard InChI is InChI=1S/C14H28N4O2/c1-11(15)4-3-5-13(19)17-12-6-8-18(9-7-12)10-14(20)16-2/h11-12H,3-10,15H2,1-2H3,(H,16,20)(H,17,19). The zero-order valence-corrected chi connectivity index (χ0v) is 12.7. The zero-order chi connectivity index (χ0) is 15.0. The van der Waals surface area contributed by atoms with Crippen molar-refractivity contribution in [2.45, 2.75) is 51.1 Å². The first-order chi connectivity index (χ1) is 9.51. The van der Waals surface area contributed by atoms with Crippen molar-refractivity contribution in [3.63, 3.8) is 0 Å². The second kappa shape index (κ2) is 8.92. The summed E-state index contributed by atoms with van der Waals surface area (Å²) in [6.07, 6.45) is 4.11. The van der Waals surface area contributed by atoms with Gasteiger partial charge in [0.25, 0.3) is 0 Å². The van der Waals surface area contributed by atoms with Crippen LogP contribution in [0, 0.1) is 0 Å². The number of hydrogen-bond acceptors (Lipinski definition) is 4. The van der Waals surface area contributed by atoms with Gasteiger partial charge in [0.15, 0.2) is 0 Å². The summed E-state index contributed by atoms with van der Waals surface area (Å²) in [5, 5.41) is 5.70. The maximum Gasteiger partial charge on any atom is 0.233 e. The summed E-state index contributed by atoms with van der Waals surface area (Å²) >= 11 is 0. The van der Waals surface area contributed by atoms with Crippen molar-refractivity contribution in [1.29, 1.82) is 0 Å². The lowest BCUT2D eigenvalue weighted by Gasteiger charge is -2.31. The minimum absolute atomic E-state index is 0.0448. The third kappa shape index (κ3) is 6.86. The van der Waals surface area contributed by atoms with E-state index < -0.39 is 0 Å². The largest absolute Gasteiger partial charge is 0.358 e. The summed E-state index contributed by atoms with van der Waals surface area (Å²) in [5.74, 6) is 0.166. The first-order valence-corrected chi connectivity index (χ1v) is 7.49. The van der Waals surface area contributed by atoms with Crippen LogP contribution in [0.25, 0.3) is 0 Å². The van der Waals surface area contributed by atoms with Gasteiger partial charge in [-0.2, -0.15) is 0 Å². The van der Waals surface area contributed by atoms with E-state index in [2.05, 4.69) is 15.5 Å². The Labute approximate surface area is 121 Å². The molecule has 1 saturated heterocycles. The monoisotopic (exact) mass is 284 g/mol. The molecular formula is C14H28N4O2. The minimum Gasteiger partial charge on any atom is -0.358 e. The van der Waals surface area contributed by atoms with Gasteiger partial charge in [-0.15, -0.1) is 0 Å². The molecule has 1 heterocycles. The number of likely N-dealkylation sites (N-methyl/N-ethyl adjacent to an activating group) is 1. The fraction of sp³-hybridized carbons (Fsp3) is 0.857. The van der Waals surface area contributed by atoms with Crippen molar-refractivity contribution in [1.82, 2.24) is 15.5 Å². The Balaban J connectivity index is 2.15. The van der Waals surface area contributed by atoms with Gasteiger partial charge in [0.1, 0.15) is 0 Å². The van der Waals surface area contributed by atoms with Gasteiger partial charge < -0.3 is 16.4 Å². The molecule has 0 saturated carbocycles. The molecule has 4 N–H and O–H groups in total. The van der Waals surface area contributed by atoms with Crippen molar-refractivity contribution in [2.24, 2.45) is 5.73 Å². The van der Waals surface area contributed by atoms with Crippen molar-refractivity contribution >= 4 is 11.8 Å². The fourth-order valence-electron chi connectivity index (χ4n) is 2.40. The molecule has 6 heteroatoms. The quantitative estimate of drug-likeness (QED) is 0.606. The molecule has 0 spiro atoms. The number of carbonyl (C=O) groups is 2. The lowest BCUT2D eigenvalue weighted by atomic mass is 10.0. The number of nitrogens with two attached hydrogens (primary N) is 1. The van der Waals surface area contributed by atoms with Gasteiger partial charge in [0.05, 0.1) is 6.54 Å². The number of carbonyl (C=O) groups excluding carboxylic acids is 2. The minimum atomic E-state index is 0.0448. The molecule has 0 bridgehead atoms. The van der Waals surface area contributed by atoms with Gasteiger partial charge in [-0.3, -0.25) is 14.5 Å². The molecular weight excluding hydrogens is 256 g/mol. The Bertz CT molecular complexity index is 312. The highest BCUT2D eigenvalue weighted by atomic mass is 16.2. The molecule has 1 rings (SSSR count). The Hall–Kier alpha value is -1.14. The van der Waals surface area contributed by atoms with Crippen LogP contribution in [-0.4, -0.2) is 55.5 Å². The van der Waals surface area contributed by atoms with Crippen LogP contribution < -0.4 is 16.4 Å². The number of hydrogen-bond donors (Lipinski definition) is 3. The molecule has 1 aliphatic rings. The first-order valence-electron chi connectivity index (χ1n) is 7.49. The third-order valence-electron chi connectivity index (χ3n) is 3.66. The SMILES string of the molecule is CNC(=O)CN1CCC(NC(=O)CCCC(C)N)CC1. The number of rotatable bonds is 7. The Morgan fingerprint density at radius 3 is 2.50 bits per heavy atom. The summed E-state index contributed by atoms with van der Waals surface area (Å²) < 4.78 is 0. The summed E-state index contributed by atoms with van der Waals surface area (Å²) in [5.41, 5.74) is 5.66. The molecule has 1 aliphatic heterocycles. The maximum absolute atomic E-state index is 11.8. The molecule has 0 aliphatic carbocycles. The van der Waals surface area contributed by atoms with Gasteiger partial charge in [-0.05, 0) is 32.6 Å². The maximum atomic E-state index is 11.8. The second-order valence-electron chi connectivity index (χ2n) is 5.66. The van der Waals surface area contributed by atoms with Gasteiger partial charge >= 0.3 is 0 Å². The lowest BCUT2D eigenvalue weighted by molar-refractivity contribution is -0.124. The number of piperidine rings is 1. The Kier molecular flexibility index (Phi) is 7.54. The number of nitrogens with one attached hydrogen (secondary N) is 2. The van der Waals surface area contributed by atoms with Crippen molar-refractivity contribution in [3.8, 4) is 0 Å². The predicted molar refractivity (Wildman–Crippen MR) is 79.2 cm³/mol. The molecule has 0 aromatic carbocycles. The smallest absolute Gasteiger partial charge is 0.233 e. The molecule has 6 nitrogen and oxygen atoms in total. The van der Waals surface area contributed by atoms with Crippen LogP contribution in [0.3, 0.4) is 0 Å². The molecule has 0 aromatic heterocycles. The van der Waals surface area contributed by atoms with Crippen LogP contribution in [-0.2, 0) is 9.59 Å². The average Bonchev–Trinajstić information content (AvgIpc) is 2.40. The number of likely N-dealkylation sites (tertiary alicyclic amines) is 1. The lowest BCUT2D eigenvalue weighted by Crippen LogP contribution is -2.47. The summed E-state index contributed by atoms with van der Waals surface area (Å²) in [6.45, 7) is 4.13. The van der Waals surface area contributed by atoms with E-state index in [1.54, 1.807) is 7.05 Å². The highest BCUT2D eigenvalue weighted by Gasteiger charge is 2.21. The van der Waals surface area contributed by atoms with Crippen LogP contribution in [0.2, 0.25) is 0 Å². The molecule has 1 fully saturated rings. The van der Waals surface area contributed by atoms with Gasteiger partial charge in [-0.1, -0.05) is 0 Å². The van der Waals surface area contributed by atoms with E-state index in [0.717, 1.165) is 38.8 Å². The Morgan fingerprint density at radius 2 is 1.95 bits per heavy atom. The van der Waals surface area contributed by atoms with Crippen molar-refractivity contribution < 1.29 is 9.59 Å². The van der Waals surface area contributed by atoms with Crippen LogP contribution in [0.5, 0.6) is 0 Å². The van der Waals surface area contributed by atoms with E-state index >= 15 is 0 Å². The van der Waals surface area contributed by atoms with Gasteiger partial charge in [0, 0.05) is 38.6 Å². The van der Waals surface area contributed by atoms with E-state index in [1.807, 2.05) is 6.92 Å². The number of nitrogens with zero attached hydrogens (tertiary/aromatic N) is 1. The highest BCUT2D eigenvalue weighted by Crippen LogP contribution is 2.10. The van der Waals surface area contributed by atoms with E-state index in [4.69, 9.17) is 5.73 Å². The fourth-order valence-corrected chi connectivity index (χ4v) is 2.40. The molecule has 2 amide bonds. The summed E-state index contributed by atoms with van der Waals surface area (Å²) in [7, 11) is 1.65. The predicted octanol–water partition coefficient (Wildman–Crippen LogP) is -0.169. The van der Waals surface area contributed by atoms with Crippen LogP contribution >= 0.6 is 0 Å². The molecule has 1 unspecified atom stereocenters. The van der Waals surface area contributed by atoms with E-state index in [0.29, 0.717) is 13.0 Å². The average molecular weight is 284 g/mol.